The summed E-state index contributed by atoms with van der Waals surface area (Å²) in [6.45, 7) is 5.13. The van der Waals surface area contributed by atoms with Crippen LogP contribution < -0.4 is 5.32 Å². The summed E-state index contributed by atoms with van der Waals surface area (Å²) in [6, 6.07) is 7.80. The molecular weight excluding hydrogens is 408 g/mol. The number of aliphatic carboxylic acids is 1. The number of aryl methyl sites for hydroxylation is 2. The van der Waals surface area contributed by atoms with E-state index < -0.39 is 5.97 Å². The van der Waals surface area contributed by atoms with E-state index in [2.05, 4.69) is 30.4 Å². The molecule has 0 saturated carbocycles. The van der Waals surface area contributed by atoms with Crippen LogP contribution in [0, 0.1) is 12.8 Å². The molecule has 1 aromatic carbocycles. The Kier molecular flexibility index (Phi) is 4.86. The molecule has 3 aromatic heterocycles. The van der Waals surface area contributed by atoms with Gasteiger partial charge in [0.1, 0.15) is 0 Å². The normalized spacial score (nSPS) is 18.6. The maximum Gasteiger partial charge on any atom is 0.309 e. The van der Waals surface area contributed by atoms with Gasteiger partial charge in [-0.25, -0.2) is 9.67 Å². The number of fused-ring (bicyclic) bond motifs is 1. The number of carboxylic acids is 1. The number of benzene rings is 1. The van der Waals surface area contributed by atoms with Gasteiger partial charge >= 0.3 is 5.97 Å². The molecule has 1 fully saturated rings. The summed E-state index contributed by atoms with van der Waals surface area (Å²) in [5, 5.41) is 22.4. The Bertz CT molecular complexity index is 1310. The average Bonchev–Trinajstić information content (AvgIpc) is 3.32. The van der Waals surface area contributed by atoms with Crippen LogP contribution in [-0.4, -0.2) is 58.1 Å². The number of nitrogens with zero attached hydrogens (tertiary/aromatic N) is 7. The monoisotopic (exact) mass is 432 g/mol. The van der Waals surface area contributed by atoms with Crippen molar-refractivity contribution in [2.24, 2.45) is 13.0 Å². The predicted molar refractivity (Wildman–Crippen MR) is 119 cm³/mol. The number of nitrogens with one attached hydrogen (secondary N) is 1. The molecule has 10 nitrogen and oxygen atoms in total. The fourth-order valence-corrected chi connectivity index (χ4v) is 4.08. The molecule has 0 bridgehead atoms. The maximum atomic E-state index is 11.2. The van der Waals surface area contributed by atoms with Crippen LogP contribution in [0.4, 0.5) is 11.6 Å². The maximum absolute atomic E-state index is 11.2. The largest absolute Gasteiger partial charge is 0.481 e. The molecule has 1 aliphatic heterocycles. The molecule has 4 aromatic rings. The first-order valence-corrected chi connectivity index (χ1v) is 10.4. The van der Waals surface area contributed by atoms with Gasteiger partial charge in [-0.3, -0.25) is 14.4 Å². The van der Waals surface area contributed by atoms with Crippen molar-refractivity contribution in [1.82, 2.24) is 34.4 Å². The summed E-state index contributed by atoms with van der Waals surface area (Å²) in [4.78, 5) is 22.3. The zero-order valence-corrected chi connectivity index (χ0v) is 18.1. The van der Waals surface area contributed by atoms with E-state index >= 15 is 0 Å². The fraction of sp³-hybridized carbons (Fsp3) is 0.318. The predicted octanol–water partition coefficient (Wildman–Crippen LogP) is 2.51. The Morgan fingerprint density at radius 1 is 1.31 bits per heavy atom. The molecule has 4 heterocycles. The van der Waals surface area contributed by atoms with Crippen LogP contribution in [0.15, 0.2) is 42.9 Å². The van der Waals surface area contributed by atoms with E-state index in [1.165, 1.54) is 0 Å². The SMILES string of the molecule is Cc1nn(-c2ccnc(Nc3ccc4c(cnn4C)c3)n2)cc1CN1CC(C(=O)O)C1C. The van der Waals surface area contributed by atoms with Crippen molar-refractivity contribution < 1.29 is 9.90 Å². The van der Waals surface area contributed by atoms with Crippen molar-refractivity contribution in [2.75, 3.05) is 11.9 Å². The van der Waals surface area contributed by atoms with E-state index in [4.69, 9.17) is 0 Å². The van der Waals surface area contributed by atoms with Crippen LogP contribution in [0.5, 0.6) is 0 Å². The summed E-state index contributed by atoms with van der Waals surface area (Å²) in [5.74, 6) is 0.0945. The minimum absolute atomic E-state index is 0.0160. The topological polar surface area (TPSA) is 114 Å². The lowest BCUT2D eigenvalue weighted by atomic mass is 9.89. The number of hydrogen-bond donors (Lipinski definition) is 2. The van der Waals surface area contributed by atoms with Crippen LogP contribution in [0.3, 0.4) is 0 Å². The number of carboxylic acid groups (broad SMARTS) is 1. The molecule has 0 radical (unpaired) electrons. The number of rotatable bonds is 6. The molecule has 1 saturated heterocycles. The minimum atomic E-state index is -0.732. The van der Waals surface area contributed by atoms with E-state index in [-0.39, 0.29) is 12.0 Å². The van der Waals surface area contributed by atoms with Crippen LogP contribution in [0.25, 0.3) is 16.7 Å². The van der Waals surface area contributed by atoms with Crippen molar-refractivity contribution in [3.05, 3.63) is 54.1 Å². The van der Waals surface area contributed by atoms with Gasteiger partial charge in [-0.05, 0) is 32.0 Å². The molecular formula is C22H24N8O2. The van der Waals surface area contributed by atoms with Gasteiger partial charge in [0.25, 0.3) is 0 Å². The second-order valence-corrected chi connectivity index (χ2v) is 8.20. The van der Waals surface area contributed by atoms with Crippen LogP contribution in [0.1, 0.15) is 18.2 Å². The third kappa shape index (κ3) is 3.58. The van der Waals surface area contributed by atoms with Crippen molar-refractivity contribution in [2.45, 2.75) is 26.4 Å². The second kappa shape index (κ2) is 7.72. The van der Waals surface area contributed by atoms with Crippen molar-refractivity contribution in [3.8, 4) is 5.82 Å². The van der Waals surface area contributed by atoms with Gasteiger partial charge in [0.05, 0.1) is 23.3 Å². The smallest absolute Gasteiger partial charge is 0.309 e. The minimum Gasteiger partial charge on any atom is -0.481 e. The van der Waals surface area contributed by atoms with Crippen molar-refractivity contribution in [3.63, 3.8) is 0 Å². The van der Waals surface area contributed by atoms with Gasteiger partial charge < -0.3 is 10.4 Å². The van der Waals surface area contributed by atoms with Gasteiger partial charge in [-0.1, -0.05) is 0 Å². The zero-order chi connectivity index (χ0) is 22.4. The Morgan fingerprint density at radius 3 is 2.94 bits per heavy atom. The zero-order valence-electron chi connectivity index (χ0n) is 18.1. The Labute approximate surface area is 184 Å². The first-order valence-electron chi connectivity index (χ1n) is 10.4. The quantitative estimate of drug-likeness (QED) is 0.478. The molecule has 2 unspecified atom stereocenters. The average molecular weight is 432 g/mol. The standard InChI is InChI=1S/C22H24N8O2/c1-13-16(10-29-12-18(14(29)2)21(31)32)11-30(27-13)20-6-7-23-22(26-20)25-17-4-5-19-15(8-17)9-24-28(19)3/h4-9,11,14,18H,10,12H2,1-3H3,(H,31,32)(H,23,25,26). The number of likely N-dealkylation sites (tertiary alicyclic amines) is 1. The molecule has 2 N–H and O–H groups in total. The summed E-state index contributed by atoms with van der Waals surface area (Å²) in [6.07, 6.45) is 5.46. The molecule has 0 spiro atoms. The highest BCUT2D eigenvalue weighted by Gasteiger charge is 2.40. The summed E-state index contributed by atoms with van der Waals surface area (Å²) >= 11 is 0. The lowest BCUT2D eigenvalue weighted by Crippen LogP contribution is -2.56. The molecule has 1 aliphatic rings. The Balaban J connectivity index is 1.33. The summed E-state index contributed by atoms with van der Waals surface area (Å²) in [5.41, 5.74) is 3.87. The molecule has 32 heavy (non-hydrogen) atoms. The lowest BCUT2D eigenvalue weighted by molar-refractivity contribution is -0.152. The van der Waals surface area contributed by atoms with Gasteiger partial charge in [-0.15, -0.1) is 0 Å². The number of hydrogen-bond acceptors (Lipinski definition) is 7. The first kappa shape index (κ1) is 20.1. The highest BCUT2D eigenvalue weighted by molar-refractivity contribution is 5.83. The van der Waals surface area contributed by atoms with E-state index in [9.17, 15) is 9.90 Å². The summed E-state index contributed by atoms with van der Waals surface area (Å²) < 4.78 is 3.57. The molecule has 5 rings (SSSR count). The third-order valence-corrected chi connectivity index (χ3v) is 6.16. The Hall–Kier alpha value is -3.79. The fourth-order valence-electron chi connectivity index (χ4n) is 4.08. The van der Waals surface area contributed by atoms with Crippen LogP contribution >= 0.6 is 0 Å². The van der Waals surface area contributed by atoms with Crippen molar-refractivity contribution in [1.29, 1.82) is 0 Å². The van der Waals surface area contributed by atoms with E-state index in [0.29, 0.717) is 24.9 Å². The molecule has 2 atom stereocenters. The number of carbonyl (C=O) groups is 1. The highest BCUT2D eigenvalue weighted by Crippen LogP contribution is 2.28. The van der Waals surface area contributed by atoms with Gasteiger partial charge in [0.15, 0.2) is 5.82 Å². The van der Waals surface area contributed by atoms with Crippen LogP contribution in [-0.2, 0) is 18.4 Å². The van der Waals surface area contributed by atoms with E-state index in [1.807, 2.05) is 56.2 Å². The third-order valence-electron chi connectivity index (χ3n) is 6.16. The van der Waals surface area contributed by atoms with Crippen LogP contribution in [0.2, 0.25) is 0 Å². The molecule has 10 heteroatoms. The first-order chi connectivity index (χ1) is 15.4. The Morgan fingerprint density at radius 2 is 2.16 bits per heavy atom. The summed E-state index contributed by atoms with van der Waals surface area (Å²) in [7, 11) is 1.91. The molecule has 0 amide bonds. The second-order valence-electron chi connectivity index (χ2n) is 8.20. The van der Waals surface area contributed by atoms with Gasteiger partial charge in [0.2, 0.25) is 5.95 Å². The number of anilines is 2. The molecule has 164 valence electrons. The number of aromatic nitrogens is 6. The van der Waals surface area contributed by atoms with E-state index in [0.717, 1.165) is 27.8 Å². The highest BCUT2D eigenvalue weighted by atomic mass is 16.4. The van der Waals surface area contributed by atoms with E-state index in [1.54, 1.807) is 16.9 Å². The lowest BCUT2D eigenvalue weighted by Gasteiger charge is -2.44. The molecule has 0 aliphatic carbocycles. The van der Waals surface area contributed by atoms with Gasteiger partial charge in [-0.2, -0.15) is 15.2 Å². The van der Waals surface area contributed by atoms with Gasteiger partial charge in [0, 0.05) is 61.3 Å². The van der Waals surface area contributed by atoms with Crippen molar-refractivity contribution >= 4 is 28.5 Å².